The van der Waals surface area contributed by atoms with E-state index in [1.807, 2.05) is 0 Å². The Balaban J connectivity index is 1.91. The number of nitrogens with one attached hydrogen (secondary N) is 1. The summed E-state index contributed by atoms with van der Waals surface area (Å²) in [5.74, 6) is 0.941. The summed E-state index contributed by atoms with van der Waals surface area (Å²) in [5, 5.41) is 13.2. The van der Waals surface area contributed by atoms with E-state index in [-0.39, 0.29) is 18.2 Å². The largest absolute Gasteiger partial charge is 0.490 e. The molecule has 2 rings (SSSR count). The standard InChI is InChI=1S/C17H27NO2/c1-3-11-18-17(13-19)10-9-16(12-17)20-15-7-5-14(4-2)6-8-15/h5-8,16,18-19H,3-4,9-13H2,1-2H3. The Labute approximate surface area is 122 Å². The highest BCUT2D eigenvalue weighted by atomic mass is 16.5. The first-order valence-electron chi connectivity index (χ1n) is 7.83. The van der Waals surface area contributed by atoms with Crippen molar-refractivity contribution in [1.29, 1.82) is 0 Å². The first kappa shape index (κ1) is 15.3. The van der Waals surface area contributed by atoms with E-state index in [0.29, 0.717) is 0 Å². The van der Waals surface area contributed by atoms with Crippen molar-refractivity contribution in [1.82, 2.24) is 5.32 Å². The van der Waals surface area contributed by atoms with E-state index in [4.69, 9.17) is 4.74 Å². The van der Waals surface area contributed by atoms with Crippen LogP contribution in [0.1, 0.15) is 45.1 Å². The molecule has 0 spiro atoms. The van der Waals surface area contributed by atoms with Gasteiger partial charge in [-0.25, -0.2) is 0 Å². The van der Waals surface area contributed by atoms with Crippen molar-refractivity contribution < 1.29 is 9.84 Å². The summed E-state index contributed by atoms with van der Waals surface area (Å²) in [4.78, 5) is 0. The van der Waals surface area contributed by atoms with E-state index in [1.165, 1.54) is 5.56 Å². The van der Waals surface area contributed by atoms with Crippen LogP contribution in [0.4, 0.5) is 0 Å². The Morgan fingerprint density at radius 2 is 2.05 bits per heavy atom. The van der Waals surface area contributed by atoms with Gasteiger partial charge < -0.3 is 15.2 Å². The molecule has 20 heavy (non-hydrogen) atoms. The lowest BCUT2D eigenvalue weighted by Crippen LogP contribution is -2.47. The molecule has 1 aliphatic rings. The van der Waals surface area contributed by atoms with Crippen LogP contribution in [0.5, 0.6) is 5.75 Å². The van der Waals surface area contributed by atoms with Crippen LogP contribution < -0.4 is 10.1 Å². The number of benzene rings is 1. The van der Waals surface area contributed by atoms with Gasteiger partial charge >= 0.3 is 0 Å². The highest BCUT2D eigenvalue weighted by Gasteiger charge is 2.39. The van der Waals surface area contributed by atoms with Gasteiger partial charge in [-0.3, -0.25) is 0 Å². The van der Waals surface area contributed by atoms with Gasteiger partial charge in [0.25, 0.3) is 0 Å². The van der Waals surface area contributed by atoms with E-state index < -0.39 is 0 Å². The zero-order valence-corrected chi connectivity index (χ0v) is 12.7. The molecule has 1 aliphatic carbocycles. The van der Waals surface area contributed by atoms with Gasteiger partial charge in [-0.15, -0.1) is 0 Å². The second-order valence-electron chi connectivity index (χ2n) is 5.85. The van der Waals surface area contributed by atoms with Crippen molar-refractivity contribution in [2.24, 2.45) is 0 Å². The normalized spacial score (nSPS) is 25.9. The first-order chi connectivity index (χ1) is 9.71. The number of aliphatic hydroxyl groups excluding tert-OH is 1. The van der Waals surface area contributed by atoms with Gasteiger partial charge in [-0.1, -0.05) is 26.0 Å². The molecule has 112 valence electrons. The topological polar surface area (TPSA) is 41.5 Å². The van der Waals surface area contributed by atoms with Crippen LogP contribution in [-0.4, -0.2) is 29.9 Å². The van der Waals surface area contributed by atoms with Crippen LogP contribution in [0.25, 0.3) is 0 Å². The third-order valence-electron chi connectivity index (χ3n) is 4.25. The smallest absolute Gasteiger partial charge is 0.119 e. The predicted molar refractivity (Wildman–Crippen MR) is 82.2 cm³/mol. The van der Waals surface area contributed by atoms with E-state index >= 15 is 0 Å². The summed E-state index contributed by atoms with van der Waals surface area (Å²) in [5.41, 5.74) is 1.20. The molecule has 0 amide bonds. The first-order valence-corrected chi connectivity index (χ1v) is 7.83. The molecule has 2 N–H and O–H groups in total. The summed E-state index contributed by atoms with van der Waals surface area (Å²) in [6, 6.07) is 8.35. The van der Waals surface area contributed by atoms with Crippen LogP contribution in [0.15, 0.2) is 24.3 Å². The molecule has 0 bridgehead atoms. The number of hydrogen-bond donors (Lipinski definition) is 2. The monoisotopic (exact) mass is 277 g/mol. The molecule has 0 heterocycles. The lowest BCUT2D eigenvalue weighted by atomic mass is 9.98. The van der Waals surface area contributed by atoms with Gasteiger partial charge in [0.05, 0.1) is 6.61 Å². The van der Waals surface area contributed by atoms with Crippen LogP contribution in [0.2, 0.25) is 0 Å². The summed E-state index contributed by atoms with van der Waals surface area (Å²) >= 11 is 0. The predicted octanol–water partition coefficient (Wildman–Crippen LogP) is 2.91. The number of rotatable bonds is 7. The average molecular weight is 277 g/mol. The molecule has 3 nitrogen and oxygen atoms in total. The SMILES string of the molecule is CCCNC1(CO)CCC(Oc2ccc(CC)cc2)C1. The van der Waals surface area contributed by atoms with Crippen LogP contribution in [0.3, 0.4) is 0 Å². The quantitative estimate of drug-likeness (QED) is 0.805. The minimum absolute atomic E-state index is 0.135. The number of aliphatic hydroxyl groups is 1. The molecule has 2 atom stereocenters. The fourth-order valence-corrected chi connectivity index (χ4v) is 2.92. The summed E-state index contributed by atoms with van der Waals surface area (Å²) in [6.07, 6.45) is 5.23. The average Bonchev–Trinajstić information content (AvgIpc) is 2.90. The van der Waals surface area contributed by atoms with E-state index in [0.717, 1.165) is 44.4 Å². The molecule has 0 radical (unpaired) electrons. The Morgan fingerprint density at radius 1 is 1.30 bits per heavy atom. The van der Waals surface area contributed by atoms with Gasteiger partial charge in [0, 0.05) is 12.0 Å². The molecule has 1 aromatic carbocycles. The lowest BCUT2D eigenvalue weighted by Gasteiger charge is -2.28. The van der Waals surface area contributed by atoms with Gasteiger partial charge in [0.15, 0.2) is 0 Å². The molecule has 1 aromatic rings. The van der Waals surface area contributed by atoms with Gasteiger partial charge in [0.2, 0.25) is 0 Å². The van der Waals surface area contributed by atoms with Crippen LogP contribution in [0, 0.1) is 0 Å². The third kappa shape index (κ3) is 3.74. The van der Waals surface area contributed by atoms with Crippen molar-refractivity contribution in [3.05, 3.63) is 29.8 Å². The molecular weight excluding hydrogens is 250 g/mol. The minimum atomic E-state index is -0.135. The van der Waals surface area contributed by atoms with Crippen molar-refractivity contribution in [2.45, 2.75) is 57.6 Å². The second kappa shape index (κ2) is 7.09. The maximum atomic E-state index is 9.68. The molecule has 0 aromatic heterocycles. The maximum absolute atomic E-state index is 9.68. The Morgan fingerprint density at radius 3 is 2.65 bits per heavy atom. The molecule has 0 saturated heterocycles. The number of aryl methyl sites for hydroxylation is 1. The van der Waals surface area contributed by atoms with Crippen molar-refractivity contribution in [3.63, 3.8) is 0 Å². The molecule has 1 fully saturated rings. The van der Waals surface area contributed by atoms with Gasteiger partial charge in [-0.05, 0) is 49.9 Å². The van der Waals surface area contributed by atoms with E-state index in [9.17, 15) is 5.11 Å². The zero-order valence-electron chi connectivity index (χ0n) is 12.7. The second-order valence-corrected chi connectivity index (χ2v) is 5.85. The maximum Gasteiger partial charge on any atom is 0.119 e. The molecule has 2 unspecified atom stereocenters. The van der Waals surface area contributed by atoms with Gasteiger partial charge in [-0.2, -0.15) is 0 Å². The fourth-order valence-electron chi connectivity index (χ4n) is 2.92. The lowest BCUT2D eigenvalue weighted by molar-refractivity contribution is 0.140. The third-order valence-corrected chi connectivity index (χ3v) is 4.25. The summed E-state index contributed by atoms with van der Waals surface area (Å²) in [6.45, 7) is 5.46. The fraction of sp³-hybridized carbons (Fsp3) is 0.647. The zero-order chi connectivity index (χ0) is 14.4. The van der Waals surface area contributed by atoms with Crippen molar-refractivity contribution >= 4 is 0 Å². The summed E-state index contributed by atoms with van der Waals surface area (Å²) in [7, 11) is 0. The van der Waals surface area contributed by atoms with Crippen LogP contribution >= 0.6 is 0 Å². The van der Waals surface area contributed by atoms with Crippen molar-refractivity contribution in [3.8, 4) is 5.75 Å². The molecule has 3 heteroatoms. The number of hydrogen-bond acceptors (Lipinski definition) is 3. The van der Waals surface area contributed by atoms with Gasteiger partial charge in [0.1, 0.15) is 11.9 Å². The molecule has 0 aliphatic heterocycles. The Hall–Kier alpha value is -1.06. The Kier molecular flexibility index (Phi) is 5.44. The van der Waals surface area contributed by atoms with Crippen LogP contribution in [-0.2, 0) is 6.42 Å². The van der Waals surface area contributed by atoms with Crippen molar-refractivity contribution in [2.75, 3.05) is 13.2 Å². The molecule has 1 saturated carbocycles. The number of ether oxygens (including phenoxy) is 1. The highest BCUT2D eigenvalue weighted by molar-refractivity contribution is 5.27. The van der Waals surface area contributed by atoms with E-state index in [2.05, 4.69) is 43.4 Å². The summed E-state index contributed by atoms with van der Waals surface area (Å²) < 4.78 is 6.06. The highest BCUT2D eigenvalue weighted by Crippen LogP contribution is 2.32. The Bertz CT molecular complexity index is 404. The minimum Gasteiger partial charge on any atom is -0.490 e. The molecular formula is C17H27NO2. The van der Waals surface area contributed by atoms with E-state index in [1.54, 1.807) is 0 Å².